The number of carboxylic acid groups (broad SMARTS) is 1. The van der Waals surface area contributed by atoms with Crippen molar-refractivity contribution in [2.45, 2.75) is 37.9 Å². The van der Waals surface area contributed by atoms with Gasteiger partial charge in [0.15, 0.2) is 0 Å². The largest absolute Gasteiger partial charge is 0.481 e. The molecule has 111 valence electrons. The Labute approximate surface area is 123 Å². The molecular formula is C14H17BNO5. The van der Waals surface area contributed by atoms with Crippen molar-refractivity contribution < 1.29 is 24.1 Å². The molecule has 1 fully saturated rings. The van der Waals surface area contributed by atoms with Crippen molar-refractivity contribution in [3.8, 4) is 0 Å². The second-order valence-electron chi connectivity index (χ2n) is 4.88. The van der Waals surface area contributed by atoms with E-state index in [1.165, 1.54) is 7.48 Å². The van der Waals surface area contributed by atoms with Gasteiger partial charge < -0.3 is 19.8 Å². The van der Waals surface area contributed by atoms with Crippen LogP contribution in [0.4, 0.5) is 4.79 Å². The van der Waals surface area contributed by atoms with E-state index in [1.54, 1.807) is 0 Å². The van der Waals surface area contributed by atoms with Crippen LogP contribution in [0, 0.1) is 0 Å². The molecule has 2 unspecified atom stereocenters. The van der Waals surface area contributed by atoms with Crippen LogP contribution in [0.3, 0.4) is 0 Å². The lowest BCUT2D eigenvalue weighted by atomic mass is 9.79. The van der Waals surface area contributed by atoms with E-state index in [-0.39, 0.29) is 25.1 Å². The first-order valence-corrected chi connectivity index (χ1v) is 6.81. The van der Waals surface area contributed by atoms with Crippen LogP contribution in [-0.2, 0) is 20.8 Å². The molecule has 1 aliphatic heterocycles. The molecule has 0 aliphatic carbocycles. The first kappa shape index (κ1) is 15.4. The zero-order chi connectivity index (χ0) is 15.1. The number of alkyl carbamates (subject to hydrolysis) is 1. The van der Waals surface area contributed by atoms with Crippen molar-refractivity contribution in [3.05, 3.63) is 35.9 Å². The lowest BCUT2D eigenvalue weighted by Crippen LogP contribution is -2.45. The standard InChI is InChI=1S/C14H17BNO5/c17-13(18)8-11-6-7-12(15-21-11)16-14(19)20-9-10-4-2-1-3-5-10/h1-5,11-12H,6-9H2,(H,16,19)(H,17,18). The summed E-state index contributed by atoms with van der Waals surface area (Å²) in [7, 11) is 1.47. The molecule has 2 atom stereocenters. The molecule has 1 amide bonds. The predicted octanol–water partition coefficient (Wildman–Crippen LogP) is 1.51. The molecule has 1 aliphatic rings. The summed E-state index contributed by atoms with van der Waals surface area (Å²) < 4.78 is 10.4. The van der Waals surface area contributed by atoms with Crippen LogP contribution in [-0.4, -0.2) is 36.7 Å². The zero-order valence-electron chi connectivity index (χ0n) is 11.5. The quantitative estimate of drug-likeness (QED) is 0.803. The van der Waals surface area contributed by atoms with Gasteiger partial charge in [0.05, 0.1) is 12.5 Å². The van der Waals surface area contributed by atoms with Crippen molar-refractivity contribution in [3.63, 3.8) is 0 Å². The Kier molecular flexibility index (Phi) is 5.63. The van der Waals surface area contributed by atoms with E-state index >= 15 is 0 Å². The highest BCUT2D eigenvalue weighted by Crippen LogP contribution is 2.15. The molecule has 1 saturated heterocycles. The summed E-state index contributed by atoms with van der Waals surface area (Å²) in [6, 6.07) is 9.40. The zero-order valence-corrected chi connectivity index (χ0v) is 11.5. The Bertz CT molecular complexity index is 474. The number of amides is 1. The third kappa shape index (κ3) is 5.47. The molecule has 1 radical (unpaired) electrons. The minimum atomic E-state index is -0.887. The van der Waals surface area contributed by atoms with Gasteiger partial charge in [-0.15, -0.1) is 0 Å². The van der Waals surface area contributed by atoms with E-state index in [0.717, 1.165) is 5.56 Å². The van der Waals surface area contributed by atoms with E-state index in [0.29, 0.717) is 12.8 Å². The number of hydrogen-bond donors (Lipinski definition) is 2. The minimum Gasteiger partial charge on any atom is -0.481 e. The van der Waals surface area contributed by atoms with Crippen molar-refractivity contribution in [1.82, 2.24) is 5.32 Å². The van der Waals surface area contributed by atoms with Gasteiger partial charge in [-0.3, -0.25) is 4.79 Å². The van der Waals surface area contributed by atoms with Gasteiger partial charge in [-0.2, -0.15) is 0 Å². The summed E-state index contributed by atoms with van der Waals surface area (Å²) in [5, 5.41) is 11.3. The van der Waals surface area contributed by atoms with E-state index in [9.17, 15) is 9.59 Å². The first-order valence-electron chi connectivity index (χ1n) is 6.81. The highest BCUT2D eigenvalue weighted by Gasteiger charge is 2.26. The average Bonchev–Trinajstić information content (AvgIpc) is 2.48. The Morgan fingerprint density at radius 2 is 2.10 bits per heavy atom. The average molecular weight is 290 g/mol. The predicted molar refractivity (Wildman–Crippen MR) is 75.7 cm³/mol. The molecule has 7 heteroatoms. The topological polar surface area (TPSA) is 84.9 Å². The van der Waals surface area contributed by atoms with Crippen molar-refractivity contribution >= 4 is 19.5 Å². The molecule has 1 aromatic carbocycles. The van der Waals surface area contributed by atoms with Crippen LogP contribution >= 0.6 is 0 Å². The van der Waals surface area contributed by atoms with Crippen molar-refractivity contribution in [1.29, 1.82) is 0 Å². The SMILES string of the molecule is O=C(O)CC1CCC(NC(=O)OCc2ccccc2)[B]O1. The highest BCUT2D eigenvalue weighted by atomic mass is 16.5. The molecule has 2 N–H and O–H groups in total. The lowest BCUT2D eigenvalue weighted by Gasteiger charge is -2.27. The van der Waals surface area contributed by atoms with Crippen LogP contribution < -0.4 is 5.32 Å². The maximum atomic E-state index is 11.6. The molecule has 6 nitrogen and oxygen atoms in total. The van der Waals surface area contributed by atoms with Crippen molar-refractivity contribution in [2.24, 2.45) is 0 Å². The summed E-state index contributed by atoms with van der Waals surface area (Å²) in [5.41, 5.74) is 0.915. The Balaban J connectivity index is 1.66. The lowest BCUT2D eigenvalue weighted by molar-refractivity contribution is -0.139. The monoisotopic (exact) mass is 290 g/mol. The van der Waals surface area contributed by atoms with Gasteiger partial charge in [-0.1, -0.05) is 30.3 Å². The van der Waals surface area contributed by atoms with Crippen LogP contribution in [0.2, 0.25) is 0 Å². The first-order chi connectivity index (χ1) is 10.1. The smallest absolute Gasteiger partial charge is 0.407 e. The number of hydrogen-bond acceptors (Lipinski definition) is 4. The number of carbonyl (C=O) groups is 2. The normalized spacial score (nSPS) is 21.1. The fraction of sp³-hybridized carbons (Fsp3) is 0.429. The molecule has 0 bridgehead atoms. The molecule has 2 rings (SSSR count). The summed E-state index contributed by atoms with van der Waals surface area (Å²) in [4.78, 5) is 22.2. The Morgan fingerprint density at radius 3 is 2.71 bits per heavy atom. The van der Waals surface area contributed by atoms with Gasteiger partial charge in [0.2, 0.25) is 0 Å². The van der Waals surface area contributed by atoms with Gasteiger partial charge in [0.25, 0.3) is 0 Å². The summed E-state index contributed by atoms with van der Waals surface area (Å²) in [6.45, 7) is 0.210. The van der Waals surface area contributed by atoms with E-state index in [1.807, 2.05) is 30.3 Å². The molecular weight excluding hydrogens is 273 g/mol. The minimum absolute atomic E-state index is 0.0261. The molecule has 1 aromatic rings. The third-order valence-corrected chi connectivity index (χ3v) is 3.15. The molecule has 0 saturated carbocycles. The number of aliphatic carboxylic acids is 1. The third-order valence-electron chi connectivity index (χ3n) is 3.15. The van der Waals surface area contributed by atoms with Gasteiger partial charge in [0, 0.05) is 5.94 Å². The maximum Gasteiger partial charge on any atom is 0.407 e. The maximum absolute atomic E-state index is 11.6. The van der Waals surface area contributed by atoms with Crippen LogP contribution in [0.15, 0.2) is 30.3 Å². The number of benzene rings is 1. The van der Waals surface area contributed by atoms with Crippen LogP contribution in [0.1, 0.15) is 24.8 Å². The number of ether oxygens (including phenoxy) is 1. The van der Waals surface area contributed by atoms with E-state index in [4.69, 9.17) is 14.5 Å². The Hall–Kier alpha value is -2.02. The van der Waals surface area contributed by atoms with Gasteiger partial charge in [0.1, 0.15) is 6.61 Å². The van der Waals surface area contributed by atoms with E-state index in [2.05, 4.69) is 5.32 Å². The molecule has 0 aromatic heterocycles. The summed E-state index contributed by atoms with van der Waals surface area (Å²) in [5.74, 6) is -1.14. The molecule has 21 heavy (non-hydrogen) atoms. The summed E-state index contributed by atoms with van der Waals surface area (Å²) >= 11 is 0. The fourth-order valence-electron chi connectivity index (χ4n) is 2.07. The molecule has 0 spiro atoms. The number of rotatable bonds is 5. The summed E-state index contributed by atoms with van der Waals surface area (Å²) in [6.07, 6.45) is 0.369. The van der Waals surface area contributed by atoms with Gasteiger partial charge in [-0.05, 0) is 18.4 Å². The van der Waals surface area contributed by atoms with Crippen molar-refractivity contribution in [2.75, 3.05) is 0 Å². The van der Waals surface area contributed by atoms with Crippen LogP contribution in [0.25, 0.3) is 0 Å². The number of carboxylic acids is 1. The second-order valence-corrected chi connectivity index (χ2v) is 4.88. The Morgan fingerprint density at radius 1 is 1.33 bits per heavy atom. The van der Waals surface area contributed by atoms with Crippen LogP contribution in [0.5, 0.6) is 0 Å². The molecule has 1 heterocycles. The number of nitrogens with one attached hydrogen (secondary N) is 1. The number of carbonyl (C=O) groups excluding carboxylic acids is 1. The van der Waals surface area contributed by atoms with Gasteiger partial charge in [-0.25, -0.2) is 4.79 Å². The highest BCUT2D eigenvalue weighted by molar-refractivity contribution is 6.30. The van der Waals surface area contributed by atoms with Gasteiger partial charge >= 0.3 is 19.5 Å². The van der Waals surface area contributed by atoms with E-state index < -0.39 is 12.1 Å². The fourth-order valence-corrected chi connectivity index (χ4v) is 2.07. The second kappa shape index (κ2) is 7.68.